The molecule has 0 saturated heterocycles. The van der Waals surface area contributed by atoms with Crippen LogP contribution in [0.5, 0.6) is 0 Å². The first-order valence-electron chi connectivity index (χ1n) is 8.53. The third kappa shape index (κ3) is 4.81. The molecule has 1 unspecified atom stereocenters. The van der Waals surface area contributed by atoms with Gasteiger partial charge in [0.2, 0.25) is 0 Å². The van der Waals surface area contributed by atoms with E-state index in [1.54, 1.807) is 12.1 Å². The molecule has 1 nitrogen and oxygen atoms in total. The van der Waals surface area contributed by atoms with Crippen molar-refractivity contribution in [3.63, 3.8) is 0 Å². The van der Waals surface area contributed by atoms with Crippen LogP contribution >= 0.6 is 0 Å². The molecule has 1 aromatic carbocycles. The highest BCUT2D eigenvalue weighted by molar-refractivity contribution is 5.27. The molecule has 0 spiro atoms. The van der Waals surface area contributed by atoms with Crippen molar-refractivity contribution < 1.29 is 9.50 Å². The summed E-state index contributed by atoms with van der Waals surface area (Å²) in [6.45, 7) is 4.24. The van der Waals surface area contributed by atoms with Crippen LogP contribution in [0.1, 0.15) is 63.0 Å². The van der Waals surface area contributed by atoms with Crippen molar-refractivity contribution in [2.75, 3.05) is 0 Å². The molecule has 0 aromatic heterocycles. The van der Waals surface area contributed by atoms with E-state index in [1.807, 2.05) is 6.92 Å². The Morgan fingerprint density at radius 1 is 1.24 bits per heavy atom. The van der Waals surface area contributed by atoms with Crippen LogP contribution in [-0.2, 0) is 6.42 Å². The van der Waals surface area contributed by atoms with Gasteiger partial charge in [-0.05, 0) is 61.3 Å². The monoisotopic (exact) mass is 292 g/mol. The zero-order valence-electron chi connectivity index (χ0n) is 13.4. The Morgan fingerprint density at radius 2 is 1.95 bits per heavy atom. The molecule has 0 radical (unpaired) electrons. The van der Waals surface area contributed by atoms with Gasteiger partial charge < -0.3 is 5.11 Å². The highest BCUT2D eigenvalue weighted by atomic mass is 19.1. The van der Waals surface area contributed by atoms with Gasteiger partial charge in [-0.1, -0.05) is 45.1 Å². The number of halogens is 1. The van der Waals surface area contributed by atoms with E-state index >= 15 is 0 Å². The number of unbranched alkanes of at least 4 members (excludes halogenated alkanes) is 1. The van der Waals surface area contributed by atoms with Gasteiger partial charge in [0.25, 0.3) is 0 Å². The van der Waals surface area contributed by atoms with Crippen LogP contribution in [-0.4, -0.2) is 11.2 Å². The number of benzene rings is 1. The first kappa shape index (κ1) is 16.5. The summed E-state index contributed by atoms with van der Waals surface area (Å²) in [5.74, 6) is 1.06. The van der Waals surface area contributed by atoms with Gasteiger partial charge >= 0.3 is 0 Å². The molecule has 1 aliphatic carbocycles. The number of aliphatic hydroxyl groups is 1. The second-order valence-corrected chi connectivity index (χ2v) is 6.77. The first-order chi connectivity index (χ1) is 10.1. The molecule has 1 atom stereocenters. The second-order valence-electron chi connectivity index (χ2n) is 6.77. The predicted octanol–water partition coefficient (Wildman–Crippen LogP) is 5.03. The predicted molar refractivity (Wildman–Crippen MR) is 85.8 cm³/mol. The van der Waals surface area contributed by atoms with E-state index in [0.29, 0.717) is 12.3 Å². The minimum atomic E-state index is -0.322. The minimum absolute atomic E-state index is 0.203. The Bertz CT molecular complexity index is 435. The molecule has 0 amide bonds. The Morgan fingerprint density at radius 3 is 2.62 bits per heavy atom. The van der Waals surface area contributed by atoms with E-state index in [9.17, 15) is 9.50 Å². The first-order valence-corrected chi connectivity index (χ1v) is 8.53. The third-order valence-corrected chi connectivity index (χ3v) is 5.14. The van der Waals surface area contributed by atoms with Crippen LogP contribution < -0.4 is 0 Å². The fourth-order valence-electron chi connectivity index (χ4n) is 3.61. The quantitative estimate of drug-likeness (QED) is 0.779. The summed E-state index contributed by atoms with van der Waals surface area (Å²) in [4.78, 5) is 0. The van der Waals surface area contributed by atoms with Gasteiger partial charge in [0.15, 0.2) is 0 Å². The molecule has 2 heteroatoms. The fourth-order valence-corrected chi connectivity index (χ4v) is 3.61. The van der Waals surface area contributed by atoms with Gasteiger partial charge in [0, 0.05) is 0 Å². The standard InChI is InChI=1S/C19H29FO/c1-3-4-5-15-7-9-16(10-8-15)19(21)13-17-12-18(20)11-6-14(17)2/h6,11-12,15-16,19,21H,3-5,7-10,13H2,1-2H3. The Kier molecular flexibility index (Phi) is 6.22. The molecule has 0 aliphatic heterocycles. The van der Waals surface area contributed by atoms with Crippen LogP contribution in [0.3, 0.4) is 0 Å². The molecule has 1 aliphatic rings. The van der Waals surface area contributed by atoms with Crippen LogP contribution in [0.25, 0.3) is 0 Å². The molecule has 1 aromatic rings. The van der Waals surface area contributed by atoms with E-state index < -0.39 is 0 Å². The fraction of sp³-hybridized carbons (Fsp3) is 0.684. The van der Waals surface area contributed by atoms with Crippen molar-refractivity contribution in [3.8, 4) is 0 Å². The molecule has 0 bridgehead atoms. The lowest BCUT2D eigenvalue weighted by molar-refractivity contribution is 0.0724. The number of hydrogen-bond donors (Lipinski definition) is 1. The Labute approximate surface area is 128 Å². The van der Waals surface area contributed by atoms with Gasteiger partial charge in [-0.15, -0.1) is 0 Å². The van der Waals surface area contributed by atoms with Crippen LogP contribution in [0, 0.1) is 24.6 Å². The molecule has 0 heterocycles. The van der Waals surface area contributed by atoms with Crippen LogP contribution in [0.15, 0.2) is 18.2 Å². The van der Waals surface area contributed by atoms with Gasteiger partial charge in [0.05, 0.1) is 6.10 Å². The van der Waals surface area contributed by atoms with Crippen molar-refractivity contribution >= 4 is 0 Å². The zero-order chi connectivity index (χ0) is 15.2. The summed E-state index contributed by atoms with van der Waals surface area (Å²) in [5, 5.41) is 10.5. The average molecular weight is 292 g/mol. The second kappa shape index (κ2) is 7.93. The number of aliphatic hydroxyl groups excluding tert-OH is 1. The molecule has 1 saturated carbocycles. The Balaban J connectivity index is 1.84. The molecule has 118 valence electrons. The van der Waals surface area contributed by atoms with Crippen molar-refractivity contribution in [1.82, 2.24) is 0 Å². The zero-order valence-corrected chi connectivity index (χ0v) is 13.4. The normalized spacial score (nSPS) is 24.0. The summed E-state index contributed by atoms with van der Waals surface area (Å²) in [6, 6.07) is 4.87. The van der Waals surface area contributed by atoms with Gasteiger partial charge in [-0.2, -0.15) is 0 Å². The number of aryl methyl sites for hydroxylation is 1. The van der Waals surface area contributed by atoms with Crippen molar-refractivity contribution in [3.05, 3.63) is 35.1 Å². The largest absolute Gasteiger partial charge is 0.392 e. The highest BCUT2D eigenvalue weighted by Crippen LogP contribution is 2.34. The Hall–Kier alpha value is -0.890. The van der Waals surface area contributed by atoms with E-state index in [0.717, 1.165) is 29.9 Å². The molecule has 21 heavy (non-hydrogen) atoms. The summed E-state index contributed by atoms with van der Waals surface area (Å²) < 4.78 is 13.3. The molecule has 1 N–H and O–H groups in total. The molecular weight excluding hydrogens is 263 g/mol. The maximum atomic E-state index is 13.3. The summed E-state index contributed by atoms with van der Waals surface area (Å²) in [6.07, 6.45) is 9.00. The smallest absolute Gasteiger partial charge is 0.123 e. The number of hydrogen-bond acceptors (Lipinski definition) is 1. The topological polar surface area (TPSA) is 20.2 Å². The van der Waals surface area contributed by atoms with Gasteiger partial charge in [-0.3, -0.25) is 0 Å². The molecular formula is C19H29FO. The lowest BCUT2D eigenvalue weighted by atomic mass is 9.76. The SMILES string of the molecule is CCCCC1CCC(C(O)Cc2cc(F)ccc2C)CC1. The molecule has 2 rings (SSSR count). The lowest BCUT2D eigenvalue weighted by Gasteiger charge is -2.31. The average Bonchev–Trinajstić information content (AvgIpc) is 2.49. The maximum absolute atomic E-state index is 13.3. The van der Waals surface area contributed by atoms with Crippen LogP contribution in [0.2, 0.25) is 0 Å². The van der Waals surface area contributed by atoms with E-state index in [4.69, 9.17) is 0 Å². The summed E-state index contributed by atoms with van der Waals surface area (Å²) in [5.41, 5.74) is 2.03. The van der Waals surface area contributed by atoms with Crippen LogP contribution in [0.4, 0.5) is 4.39 Å². The molecule has 1 fully saturated rings. The van der Waals surface area contributed by atoms with Gasteiger partial charge in [-0.25, -0.2) is 4.39 Å². The highest BCUT2D eigenvalue weighted by Gasteiger charge is 2.26. The maximum Gasteiger partial charge on any atom is 0.123 e. The third-order valence-electron chi connectivity index (χ3n) is 5.14. The van der Waals surface area contributed by atoms with E-state index in [2.05, 4.69) is 6.92 Å². The number of rotatable bonds is 6. The van der Waals surface area contributed by atoms with Crippen molar-refractivity contribution in [2.24, 2.45) is 11.8 Å². The summed E-state index contributed by atoms with van der Waals surface area (Å²) in [7, 11) is 0. The summed E-state index contributed by atoms with van der Waals surface area (Å²) >= 11 is 0. The van der Waals surface area contributed by atoms with Crippen molar-refractivity contribution in [1.29, 1.82) is 0 Å². The van der Waals surface area contributed by atoms with Gasteiger partial charge in [0.1, 0.15) is 5.82 Å². The van der Waals surface area contributed by atoms with E-state index in [1.165, 1.54) is 38.2 Å². The minimum Gasteiger partial charge on any atom is -0.392 e. The van der Waals surface area contributed by atoms with Crippen molar-refractivity contribution in [2.45, 2.75) is 71.3 Å². The lowest BCUT2D eigenvalue weighted by Crippen LogP contribution is -2.27. The van der Waals surface area contributed by atoms with E-state index in [-0.39, 0.29) is 11.9 Å².